The van der Waals surface area contributed by atoms with E-state index >= 15 is 0 Å². The molecule has 2 aromatic carbocycles. The minimum absolute atomic E-state index is 0.105. The Morgan fingerprint density at radius 2 is 1.88 bits per heavy atom. The highest BCUT2D eigenvalue weighted by Crippen LogP contribution is 2.37. The Hall–Kier alpha value is -4.13. The second kappa shape index (κ2) is 9.02. The quantitative estimate of drug-likeness (QED) is 0.342. The predicted octanol–water partition coefficient (Wildman–Crippen LogP) is 4.84. The molecule has 0 fully saturated rings. The van der Waals surface area contributed by atoms with Crippen LogP contribution in [0, 0.1) is 13.8 Å². The molecule has 5 aromatic rings. The lowest BCUT2D eigenvalue weighted by atomic mass is 9.97. The van der Waals surface area contributed by atoms with E-state index in [-0.39, 0.29) is 12.3 Å². The summed E-state index contributed by atoms with van der Waals surface area (Å²) in [5.41, 5.74) is 5.98. The van der Waals surface area contributed by atoms with Gasteiger partial charge in [-0.2, -0.15) is 0 Å². The molecule has 7 nitrogen and oxygen atoms in total. The lowest BCUT2D eigenvalue weighted by Gasteiger charge is -2.10. The number of hydrogen-bond donors (Lipinski definition) is 2. The van der Waals surface area contributed by atoms with Crippen LogP contribution in [-0.4, -0.2) is 22.4 Å². The number of carbonyl (C=O) groups excluding carboxylic acids is 1. The molecular formula is C27H25N3O4. The van der Waals surface area contributed by atoms with E-state index in [1.54, 1.807) is 18.8 Å². The van der Waals surface area contributed by atoms with Gasteiger partial charge in [-0.1, -0.05) is 30.3 Å². The number of hydrogen-bond acceptors (Lipinski definition) is 5. The van der Waals surface area contributed by atoms with Crippen molar-refractivity contribution in [3.63, 3.8) is 0 Å². The van der Waals surface area contributed by atoms with Gasteiger partial charge in [0.25, 0.3) is 0 Å². The summed E-state index contributed by atoms with van der Waals surface area (Å²) in [4.78, 5) is 32.1. The lowest BCUT2D eigenvalue weighted by molar-refractivity contribution is -0.121. The Kier molecular flexibility index (Phi) is 5.76. The van der Waals surface area contributed by atoms with E-state index in [0.717, 1.165) is 38.7 Å². The Morgan fingerprint density at radius 3 is 2.65 bits per heavy atom. The molecule has 0 atom stereocenters. The van der Waals surface area contributed by atoms with E-state index in [9.17, 15) is 9.59 Å². The summed E-state index contributed by atoms with van der Waals surface area (Å²) in [6.07, 6.45) is 6.29. The van der Waals surface area contributed by atoms with Crippen LogP contribution in [0.2, 0.25) is 0 Å². The fraction of sp³-hybridized carbons (Fsp3) is 0.222. The fourth-order valence-electron chi connectivity index (χ4n) is 4.41. The number of imidazole rings is 1. The first kappa shape index (κ1) is 21.7. The Labute approximate surface area is 195 Å². The number of aromatic amines is 1. The summed E-state index contributed by atoms with van der Waals surface area (Å²) in [5, 5.41) is 4.72. The van der Waals surface area contributed by atoms with Crippen molar-refractivity contribution in [3.05, 3.63) is 88.0 Å². The van der Waals surface area contributed by atoms with Crippen molar-refractivity contribution in [3.8, 4) is 11.1 Å². The maximum Gasteiger partial charge on any atom is 0.339 e. The molecule has 5 rings (SSSR count). The van der Waals surface area contributed by atoms with Gasteiger partial charge in [-0.25, -0.2) is 9.78 Å². The number of fused-ring (bicyclic) bond motifs is 2. The van der Waals surface area contributed by atoms with Crippen LogP contribution in [-0.2, 0) is 17.6 Å². The van der Waals surface area contributed by atoms with Gasteiger partial charge in [0, 0.05) is 58.7 Å². The van der Waals surface area contributed by atoms with Gasteiger partial charge < -0.3 is 19.1 Å². The van der Waals surface area contributed by atoms with Crippen LogP contribution in [0.25, 0.3) is 33.1 Å². The fourth-order valence-corrected chi connectivity index (χ4v) is 4.41. The average molecular weight is 456 g/mol. The first-order valence-electron chi connectivity index (χ1n) is 11.3. The van der Waals surface area contributed by atoms with Gasteiger partial charge in [-0.05, 0) is 37.5 Å². The minimum Gasteiger partial charge on any atom is -0.463 e. The number of amides is 1. The summed E-state index contributed by atoms with van der Waals surface area (Å²) in [5.74, 6) is -0.105. The van der Waals surface area contributed by atoms with E-state index < -0.39 is 5.63 Å². The molecule has 2 N–H and O–H groups in total. The summed E-state index contributed by atoms with van der Waals surface area (Å²) in [6, 6.07) is 12.1. The van der Waals surface area contributed by atoms with Gasteiger partial charge in [-0.3, -0.25) is 4.79 Å². The molecule has 0 bridgehead atoms. The van der Waals surface area contributed by atoms with Crippen molar-refractivity contribution in [2.75, 3.05) is 6.54 Å². The first-order valence-corrected chi connectivity index (χ1v) is 11.3. The number of rotatable bonds is 7. The monoisotopic (exact) mass is 455 g/mol. The van der Waals surface area contributed by atoms with Crippen molar-refractivity contribution in [1.29, 1.82) is 0 Å². The first-order chi connectivity index (χ1) is 16.5. The Morgan fingerprint density at radius 1 is 1.06 bits per heavy atom. The van der Waals surface area contributed by atoms with Gasteiger partial charge in [0.05, 0.1) is 12.6 Å². The molecule has 0 saturated carbocycles. The molecule has 34 heavy (non-hydrogen) atoms. The SMILES string of the molecule is Cc1c(CCC(=O)NCCc2cnc[nH]2)c(=O)oc2c(C)c3occ(-c4ccccc4)c3cc12. The second-order valence-electron chi connectivity index (χ2n) is 8.44. The molecule has 0 aliphatic carbocycles. The molecule has 0 aliphatic rings. The van der Waals surface area contributed by atoms with Crippen LogP contribution in [0.15, 0.2) is 68.8 Å². The summed E-state index contributed by atoms with van der Waals surface area (Å²) in [7, 11) is 0. The topological polar surface area (TPSA) is 101 Å². The van der Waals surface area contributed by atoms with Gasteiger partial charge >= 0.3 is 5.63 Å². The van der Waals surface area contributed by atoms with Gasteiger partial charge in [-0.15, -0.1) is 0 Å². The standard InChI is InChI=1S/C27H25N3O4/c1-16-20(8-9-24(31)29-11-10-19-13-28-15-30-19)27(32)34-26-17(2)25-22(12-21(16)26)23(14-33-25)18-6-4-3-5-7-18/h3-7,12-15H,8-11H2,1-2H3,(H,28,30)(H,29,31). The smallest absolute Gasteiger partial charge is 0.339 e. The zero-order valence-electron chi connectivity index (χ0n) is 19.1. The molecular weight excluding hydrogens is 430 g/mol. The van der Waals surface area contributed by atoms with Crippen LogP contribution in [0.3, 0.4) is 0 Å². The molecule has 1 amide bonds. The van der Waals surface area contributed by atoms with Crippen molar-refractivity contribution in [1.82, 2.24) is 15.3 Å². The molecule has 0 radical (unpaired) electrons. The number of aromatic nitrogens is 2. The van der Waals surface area contributed by atoms with Crippen molar-refractivity contribution < 1.29 is 13.6 Å². The van der Waals surface area contributed by atoms with Crippen LogP contribution >= 0.6 is 0 Å². The Balaban J connectivity index is 1.43. The largest absolute Gasteiger partial charge is 0.463 e. The zero-order chi connectivity index (χ0) is 23.7. The van der Waals surface area contributed by atoms with E-state index in [4.69, 9.17) is 8.83 Å². The highest BCUT2D eigenvalue weighted by Gasteiger charge is 2.19. The number of carbonyl (C=O) groups is 1. The van der Waals surface area contributed by atoms with E-state index in [0.29, 0.717) is 36.1 Å². The maximum atomic E-state index is 12.8. The molecule has 0 saturated heterocycles. The molecule has 7 heteroatoms. The van der Waals surface area contributed by atoms with Gasteiger partial charge in [0.1, 0.15) is 11.2 Å². The second-order valence-corrected chi connectivity index (χ2v) is 8.44. The summed E-state index contributed by atoms with van der Waals surface area (Å²) >= 11 is 0. The predicted molar refractivity (Wildman–Crippen MR) is 131 cm³/mol. The number of nitrogens with zero attached hydrogens (tertiary/aromatic N) is 1. The third-order valence-electron chi connectivity index (χ3n) is 6.30. The summed E-state index contributed by atoms with van der Waals surface area (Å²) < 4.78 is 11.6. The number of nitrogens with one attached hydrogen (secondary N) is 2. The van der Waals surface area contributed by atoms with Crippen molar-refractivity contribution in [2.45, 2.75) is 33.1 Å². The lowest BCUT2D eigenvalue weighted by Crippen LogP contribution is -2.26. The molecule has 172 valence electrons. The molecule has 0 aliphatic heterocycles. The normalized spacial score (nSPS) is 11.4. The minimum atomic E-state index is -0.410. The van der Waals surface area contributed by atoms with E-state index in [1.807, 2.05) is 50.2 Å². The van der Waals surface area contributed by atoms with Crippen molar-refractivity contribution >= 4 is 27.8 Å². The molecule has 3 heterocycles. The van der Waals surface area contributed by atoms with E-state index in [2.05, 4.69) is 15.3 Å². The van der Waals surface area contributed by atoms with Crippen LogP contribution in [0.5, 0.6) is 0 Å². The van der Waals surface area contributed by atoms with E-state index in [1.165, 1.54) is 0 Å². The van der Waals surface area contributed by atoms with Crippen LogP contribution in [0.1, 0.15) is 28.8 Å². The number of furan rings is 1. The number of H-pyrrole nitrogens is 1. The summed E-state index contributed by atoms with van der Waals surface area (Å²) in [6.45, 7) is 4.32. The molecule has 0 spiro atoms. The third-order valence-corrected chi connectivity index (χ3v) is 6.30. The zero-order valence-corrected chi connectivity index (χ0v) is 19.1. The Bertz CT molecular complexity index is 1530. The van der Waals surface area contributed by atoms with Crippen LogP contribution in [0.4, 0.5) is 0 Å². The molecule has 3 aromatic heterocycles. The maximum absolute atomic E-state index is 12.8. The van der Waals surface area contributed by atoms with Crippen molar-refractivity contribution in [2.24, 2.45) is 0 Å². The number of aryl methyl sites for hydroxylation is 2. The highest BCUT2D eigenvalue weighted by atomic mass is 16.4. The van der Waals surface area contributed by atoms with Gasteiger partial charge in [0.2, 0.25) is 5.91 Å². The third kappa shape index (κ3) is 4.01. The average Bonchev–Trinajstić information content (AvgIpc) is 3.51. The van der Waals surface area contributed by atoms with Crippen LogP contribution < -0.4 is 10.9 Å². The molecule has 0 unspecified atom stereocenters. The number of benzene rings is 2. The van der Waals surface area contributed by atoms with Gasteiger partial charge in [0.15, 0.2) is 0 Å². The highest BCUT2D eigenvalue weighted by molar-refractivity contribution is 6.04.